The quantitative estimate of drug-likeness (QED) is 0.746. The zero-order chi connectivity index (χ0) is 20.5. The predicted octanol–water partition coefficient (Wildman–Crippen LogP) is 3.45. The number of hydrogen-bond donors (Lipinski definition) is 2. The van der Waals surface area contributed by atoms with Crippen molar-refractivity contribution in [1.29, 1.82) is 0 Å². The van der Waals surface area contributed by atoms with Crippen LogP contribution in [-0.2, 0) is 22.6 Å². The standard InChI is InChI=1S/C23H26N4O3/c28-22-20(12-18-10-17(13-24-18)14-26-6-2-1-3-7-26)19-11-16(4-5-21(19)25-22)15-27-8-9-30-23(27)29/h4-5,10-13,24H,1-3,6-9,14-15H2,(H,25,28)/b20-12-. The van der Waals surface area contributed by atoms with Crippen LogP contribution in [0.25, 0.3) is 11.6 Å². The van der Waals surface area contributed by atoms with E-state index in [4.69, 9.17) is 4.74 Å². The number of amides is 2. The number of likely N-dealkylation sites (tertiary alicyclic amines) is 1. The first-order valence-corrected chi connectivity index (χ1v) is 10.6. The summed E-state index contributed by atoms with van der Waals surface area (Å²) in [5.41, 5.74) is 5.46. The average Bonchev–Trinajstić information content (AvgIpc) is 3.44. The van der Waals surface area contributed by atoms with Crippen molar-refractivity contribution in [2.24, 2.45) is 0 Å². The maximum atomic E-state index is 12.6. The van der Waals surface area contributed by atoms with Crippen molar-refractivity contribution < 1.29 is 14.3 Å². The molecular formula is C23H26N4O3. The third-order valence-corrected chi connectivity index (χ3v) is 6.01. The zero-order valence-electron chi connectivity index (χ0n) is 16.9. The Morgan fingerprint density at radius 2 is 1.87 bits per heavy atom. The van der Waals surface area contributed by atoms with Crippen LogP contribution in [0.5, 0.6) is 0 Å². The van der Waals surface area contributed by atoms with Crippen LogP contribution in [0, 0.1) is 0 Å². The van der Waals surface area contributed by atoms with Gasteiger partial charge in [-0.15, -0.1) is 0 Å². The molecule has 1 aromatic carbocycles. The molecule has 0 saturated carbocycles. The number of H-pyrrole nitrogens is 1. The van der Waals surface area contributed by atoms with Crippen molar-refractivity contribution >= 4 is 29.3 Å². The van der Waals surface area contributed by atoms with E-state index in [0.717, 1.165) is 42.1 Å². The number of carbonyl (C=O) groups excluding carboxylic acids is 2. The van der Waals surface area contributed by atoms with Crippen LogP contribution >= 0.6 is 0 Å². The topological polar surface area (TPSA) is 77.7 Å². The molecule has 2 saturated heterocycles. The van der Waals surface area contributed by atoms with Gasteiger partial charge in [-0.1, -0.05) is 12.5 Å². The van der Waals surface area contributed by atoms with Gasteiger partial charge in [0.2, 0.25) is 0 Å². The third kappa shape index (κ3) is 3.85. The Balaban J connectivity index is 1.35. The number of anilines is 1. The minimum Gasteiger partial charge on any atom is -0.448 e. The molecule has 2 aromatic rings. The number of aromatic amines is 1. The van der Waals surface area contributed by atoms with Crippen LogP contribution in [0.2, 0.25) is 0 Å². The summed E-state index contributed by atoms with van der Waals surface area (Å²) in [6.07, 6.45) is 7.54. The first-order valence-electron chi connectivity index (χ1n) is 10.6. The number of aromatic nitrogens is 1. The number of cyclic esters (lactones) is 1. The van der Waals surface area contributed by atoms with Gasteiger partial charge in [0, 0.05) is 36.2 Å². The Kier molecular flexibility index (Phi) is 5.04. The summed E-state index contributed by atoms with van der Waals surface area (Å²) in [5.74, 6) is -0.102. The van der Waals surface area contributed by atoms with Crippen LogP contribution in [-0.4, -0.2) is 53.0 Å². The second kappa shape index (κ2) is 7.99. The highest BCUT2D eigenvalue weighted by Gasteiger charge is 2.26. The minimum atomic E-state index is -0.284. The predicted molar refractivity (Wildman–Crippen MR) is 115 cm³/mol. The first-order chi connectivity index (χ1) is 14.7. The second-order valence-corrected chi connectivity index (χ2v) is 8.23. The SMILES string of the molecule is O=C1Nc2ccc(CN3CCOC3=O)cc2/C1=C/c1cc(CN2CCCCC2)c[nH]1. The summed E-state index contributed by atoms with van der Waals surface area (Å²) < 4.78 is 5.01. The Labute approximate surface area is 175 Å². The molecule has 0 bridgehead atoms. The Morgan fingerprint density at radius 1 is 1.00 bits per heavy atom. The highest BCUT2D eigenvalue weighted by Crippen LogP contribution is 2.34. The molecule has 7 heteroatoms. The third-order valence-electron chi connectivity index (χ3n) is 6.01. The van der Waals surface area contributed by atoms with Crippen molar-refractivity contribution in [2.75, 3.05) is 31.6 Å². The maximum Gasteiger partial charge on any atom is 0.410 e. The number of piperidine rings is 1. The lowest BCUT2D eigenvalue weighted by Gasteiger charge is -2.25. The largest absolute Gasteiger partial charge is 0.448 e. The van der Waals surface area contributed by atoms with Crippen LogP contribution in [0.4, 0.5) is 10.5 Å². The van der Waals surface area contributed by atoms with E-state index in [1.807, 2.05) is 30.5 Å². The molecule has 0 unspecified atom stereocenters. The van der Waals surface area contributed by atoms with Gasteiger partial charge in [-0.3, -0.25) is 9.69 Å². The molecule has 3 aliphatic rings. The van der Waals surface area contributed by atoms with Crippen LogP contribution in [0.3, 0.4) is 0 Å². The second-order valence-electron chi connectivity index (χ2n) is 8.23. The molecule has 30 heavy (non-hydrogen) atoms. The highest BCUT2D eigenvalue weighted by atomic mass is 16.6. The van der Waals surface area contributed by atoms with Gasteiger partial charge in [0.05, 0.1) is 12.1 Å². The van der Waals surface area contributed by atoms with Gasteiger partial charge in [-0.2, -0.15) is 0 Å². The number of ether oxygens (including phenoxy) is 1. The molecular weight excluding hydrogens is 380 g/mol. The molecule has 0 radical (unpaired) electrons. The normalized spacial score (nSPS) is 20.5. The van der Waals surface area contributed by atoms with Gasteiger partial charge >= 0.3 is 6.09 Å². The molecule has 5 rings (SSSR count). The molecule has 3 aliphatic heterocycles. The van der Waals surface area contributed by atoms with E-state index in [1.165, 1.54) is 24.8 Å². The number of carbonyl (C=O) groups is 2. The van der Waals surface area contributed by atoms with E-state index in [1.54, 1.807) is 4.90 Å². The number of benzene rings is 1. The van der Waals surface area contributed by atoms with E-state index in [2.05, 4.69) is 21.3 Å². The molecule has 156 valence electrons. The molecule has 7 nitrogen and oxygen atoms in total. The molecule has 0 aliphatic carbocycles. The van der Waals surface area contributed by atoms with Gasteiger partial charge in [0.25, 0.3) is 5.91 Å². The lowest BCUT2D eigenvalue weighted by atomic mass is 10.0. The highest BCUT2D eigenvalue weighted by molar-refractivity contribution is 6.34. The van der Waals surface area contributed by atoms with Crippen molar-refractivity contribution in [3.05, 3.63) is 52.8 Å². The molecule has 2 amide bonds. The number of fused-ring (bicyclic) bond motifs is 1. The van der Waals surface area contributed by atoms with Crippen LogP contribution < -0.4 is 5.32 Å². The Morgan fingerprint density at radius 3 is 2.67 bits per heavy atom. The van der Waals surface area contributed by atoms with E-state index >= 15 is 0 Å². The maximum absolute atomic E-state index is 12.6. The van der Waals surface area contributed by atoms with Crippen molar-refractivity contribution in [3.8, 4) is 0 Å². The van der Waals surface area contributed by atoms with E-state index in [9.17, 15) is 9.59 Å². The van der Waals surface area contributed by atoms with Gasteiger partial charge < -0.3 is 19.9 Å². The summed E-state index contributed by atoms with van der Waals surface area (Å²) in [6.45, 7) is 4.77. The number of nitrogens with zero attached hydrogens (tertiary/aromatic N) is 2. The van der Waals surface area contributed by atoms with Crippen molar-refractivity contribution in [2.45, 2.75) is 32.4 Å². The molecule has 0 spiro atoms. The smallest absolute Gasteiger partial charge is 0.410 e. The summed E-state index contributed by atoms with van der Waals surface area (Å²) in [7, 11) is 0. The summed E-state index contributed by atoms with van der Waals surface area (Å²) in [4.78, 5) is 31.8. The van der Waals surface area contributed by atoms with Gasteiger partial charge in [0.1, 0.15) is 6.61 Å². The monoisotopic (exact) mass is 406 g/mol. The van der Waals surface area contributed by atoms with Crippen molar-refractivity contribution in [1.82, 2.24) is 14.8 Å². The average molecular weight is 406 g/mol. The zero-order valence-corrected chi connectivity index (χ0v) is 16.9. The molecule has 1 aromatic heterocycles. The van der Waals surface area contributed by atoms with Gasteiger partial charge in [-0.05, 0) is 61.3 Å². The number of hydrogen-bond acceptors (Lipinski definition) is 4. The lowest BCUT2D eigenvalue weighted by Crippen LogP contribution is -2.28. The Bertz CT molecular complexity index is 1000. The summed E-state index contributed by atoms with van der Waals surface area (Å²) in [6, 6.07) is 7.96. The lowest BCUT2D eigenvalue weighted by molar-refractivity contribution is -0.110. The van der Waals surface area contributed by atoms with Gasteiger partial charge in [-0.25, -0.2) is 4.79 Å². The molecule has 2 fully saturated rings. The molecule has 0 atom stereocenters. The fourth-order valence-corrected chi connectivity index (χ4v) is 4.43. The first kappa shape index (κ1) is 18.9. The fourth-order valence-electron chi connectivity index (χ4n) is 4.43. The summed E-state index contributed by atoms with van der Waals surface area (Å²) in [5, 5.41) is 2.94. The minimum absolute atomic E-state index is 0.102. The molecule has 4 heterocycles. The number of nitrogens with one attached hydrogen (secondary N) is 2. The van der Waals surface area contributed by atoms with E-state index < -0.39 is 0 Å². The van der Waals surface area contributed by atoms with Crippen molar-refractivity contribution in [3.63, 3.8) is 0 Å². The van der Waals surface area contributed by atoms with E-state index in [0.29, 0.717) is 25.3 Å². The number of rotatable bonds is 5. The fraction of sp³-hybridized carbons (Fsp3) is 0.391. The molecule has 2 N–H and O–H groups in total. The van der Waals surface area contributed by atoms with Crippen LogP contribution in [0.15, 0.2) is 30.5 Å². The van der Waals surface area contributed by atoms with Crippen LogP contribution in [0.1, 0.15) is 41.6 Å². The van der Waals surface area contributed by atoms with E-state index in [-0.39, 0.29) is 12.0 Å². The van der Waals surface area contributed by atoms with Gasteiger partial charge in [0.15, 0.2) is 0 Å². The summed E-state index contributed by atoms with van der Waals surface area (Å²) >= 11 is 0. The Hall–Kier alpha value is -3.06.